The summed E-state index contributed by atoms with van der Waals surface area (Å²) in [6, 6.07) is 6.26. The van der Waals surface area contributed by atoms with E-state index in [1.807, 2.05) is 0 Å². The summed E-state index contributed by atoms with van der Waals surface area (Å²) in [5.74, 6) is 0.114. The third-order valence-corrected chi connectivity index (χ3v) is 3.90. The summed E-state index contributed by atoms with van der Waals surface area (Å²) < 4.78 is 24.1. The van der Waals surface area contributed by atoms with Crippen molar-refractivity contribution in [3.8, 4) is 0 Å². The van der Waals surface area contributed by atoms with Crippen molar-refractivity contribution >= 4 is 21.7 Å². The minimum absolute atomic E-state index is 0.114. The Hall–Kier alpha value is -2.59. The van der Waals surface area contributed by atoms with Gasteiger partial charge in [0.25, 0.3) is 15.7 Å². The number of non-ortho nitro benzene ring substituents is 1. The quantitative estimate of drug-likeness (QED) is 0.627. The molecule has 0 aliphatic heterocycles. The molecule has 0 aliphatic rings. The van der Waals surface area contributed by atoms with Crippen molar-refractivity contribution < 1.29 is 13.3 Å². The lowest BCUT2D eigenvalue weighted by atomic mass is 10.3. The second kappa shape index (κ2) is 6.03. The maximum Gasteiger partial charge on any atom is 0.269 e. The standard InChI is InChI=1S/C12H13N5O4S/c1-8-7-9(2)14-12(13-8)15-16-22(20,21)11-5-3-10(4-6-11)17(18)19/h3-7,16H,1-2H3,(H,13,14,15). The lowest BCUT2D eigenvalue weighted by molar-refractivity contribution is -0.384. The van der Waals surface area contributed by atoms with E-state index in [0.717, 1.165) is 24.3 Å². The van der Waals surface area contributed by atoms with Crippen LogP contribution in [0.1, 0.15) is 11.4 Å². The van der Waals surface area contributed by atoms with Gasteiger partial charge in [0.1, 0.15) is 0 Å². The topological polar surface area (TPSA) is 127 Å². The summed E-state index contributed by atoms with van der Waals surface area (Å²) >= 11 is 0. The molecule has 0 radical (unpaired) electrons. The molecule has 116 valence electrons. The SMILES string of the molecule is Cc1cc(C)nc(NNS(=O)(=O)c2ccc([N+](=O)[O-])cc2)n1. The molecule has 2 rings (SSSR count). The molecule has 10 heteroatoms. The van der Waals surface area contributed by atoms with E-state index in [0.29, 0.717) is 11.4 Å². The number of nitrogens with one attached hydrogen (secondary N) is 2. The molecular formula is C12H13N5O4S. The number of nitrogens with zero attached hydrogens (tertiary/aromatic N) is 3. The number of benzene rings is 1. The molecule has 0 amide bonds. The van der Waals surface area contributed by atoms with Gasteiger partial charge in [-0.15, -0.1) is 4.83 Å². The van der Waals surface area contributed by atoms with Gasteiger partial charge in [-0.1, -0.05) is 0 Å². The van der Waals surface area contributed by atoms with E-state index < -0.39 is 14.9 Å². The number of sulfonamides is 1. The monoisotopic (exact) mass is 323 g/mol. The van der Waals surface area contributed by atoms with Crippen LogP contribution in [0.4, 0.5) is 11.6 Å². The summed E-state index contributed by atoms with van der Waals surface area (Å²) in [5.41, 5.74) is 3.59. The predicted molar refractivity (Wildman–Crippen MR) is 78.5 cm³/mol. The predicted octanol–water partition coefficient (Wildman–Crippen LogP) is 1.31. The number of rotatable bonds is 5. The normalized spacial score (nSPS) is 11.2. The minimum atomic E-state index is -3.89. The summed E-state index contributed by atoms with van der Waals surface area (Å²) in [4.78, 5) is 20.0. The Morgan fingerprint density at radius 2 is 1.64 bits per heavy atom. The highest BCUT2D eigenvalue weighted by molar-refractivity contribution is 7.89. The molecule has 2 aromatic rings. The number of nitro groups is 1. The average molecular weight is 323 g/mol. The molecule has 0 spiro atoms. The molecule has 0 unspecified atom stereocenters. The van der Waals surface area contributed by atoms with E-state index in [-0.39, 0.29) is 16.5 Å². The number of anilines is 1. The van der Waals surface area contributed by atoms with Crippen LogP contribution in [-0.2, 0) is 10.0 Å². The van der Waals surface area contributed by atoms with Gasteiger partial charge in [0, 0.05) is 23.5 Å². The van der Waals surface area contributed by atoms with Gasteiger partial charge < -0.3 is 0 Å². The molecule has 0 aliphatic carbocycles. The van der Waals surface area contributed by atoms with Crippen molar-refractivity contribution in [1.29, 1.82) is 0 Å². The Bertz CT molecular complexity index is 785. The summed E-state index contributed by atoms with van der Waals surface area (Å²) in [5, 5.41) is 10.5. The largest absolute Gasteiger partial charge is 0.276 e. The zero-order valence-electron chi connectivity index (χ0n) is 11.8. The van der Waals surface area contributed by atoms with Crippen molar-refractivity contribution in [2.75, 3.05) is 5.43 Å². The number of hydrogen-bond donors (Lipinski definition) is 2. The molecule has 22 heavy (non-hydrogen) atoms. The summed E-state index contributed by atoms with van der Waals surface area (Å²) in [7, 11) is -3.89. The molecular weight excluding hydrogens is 310 g/mol. The zero-order valence-corrected chi connectivity index (χ0v) is 12.6. The molecule has 1 aromatic carbocycles. The van der Waals surface area contributed by atoms with E-state index in [4.69, 9.17) is 0 Å². The fraction of sp³-hybridized carbons (Fsp3) is 0.167. The molecule has 1 aromatic heterocycles. The van der Waals surface area contributed by atoms with Crippen LogP contribution < -0.4 is 10.3 Å². The third kappa shape index (κ3) is 3.74. The second-order valence-electron chi connectivity index (χ2n) is 4.46. The highest BCUT2D eigenvalue weighted by atomic mass is 32.2. The van der Waals surface area contributed by atoms with Crippen molar-refractivity contribution in [2.45, 2.75) is 18.7 Å². The Morgan fingerprint density at radius 3 is 2.14 bits per heavy atom. The first-order chi connectivity index (χ1) is 10.3. The molecule has 2 N–H and O–H groups in total. The van der Waals surface area contributed by atoms with Gasteiger partial charge in [0.05, 0.1) is 9.82 Å². The van der Waals surface area contributed by atoms with Crippen molar-refractivity contribution in [3.05, 3.63) is 51.8 Å². The van der Waals surface area contributed by atoms with Gasteiger partial charge in [0.2, 0.25) is 5.95 Å². The van der Waals surface area contributed by atoms with Crippen LogP contribution in [0.15, 0.2) is 35.2 Å². The Balaban J connectivity index is 2.15. The van der Waals surface area contributed by atoms with Crippen LogP contribution in [-0.4, -0.2) is 23.3 Å². The molecule has 0 saturated heterocycles. The van der Waals surface area contributed by atoms with Crippen LogP contribution in [0, 0.1) is 24.0 Å². The molecule has 0 saturated carbocycles. The fourth-order valence-corrected chi connectivity index (χ4v) is 2.54. The third-order valence-electron chi connectivity index (χ3n) is 2.64. The van der Waals surface area contributed by atoms with Gasteiger partial charge in [-0.2, -0.15) is 0 Å². The van der Waals surface area contributed by atoms with Crippen molar-refractivity contribution in [1.82, 2.24) is 14.8 Å². The Labute approximate surface area is 126 Å². The molecule has 0 bridgehead atoms. The minimum Gasteiger partial charge on any atom is -0.276 e. The molecule has 1 heterocycles. The lowest BCUT2D eigenvalue weighted by Crippen LogP contribution is -2.30. The first kappa shape index (κ1) is 15.8. The number of aryl methyl sites for hydroxylation is 2. The Morgan fingerprint density at radius 1 is 1.09 bits per heavy atom. The van der Waals surface area contributed by atoms with E-state index in [1.54, 1.807) is 19.9 Å². The van der Waals surface area contributed by atoms with Gasteiger partial charge in [-0.05, 0) is 32.0 Å². The average Bonchev–Trinajstić information content (AvgIpc) is 2.44. The summed E-state index contributed by atoms with van der Waals surface area (Å²) in [6.07, 6.45) is 0. The van der Waals surface area contributed by atoms with Gasteiger partial charge in [-0.3, -0.25) is 15.5 Å². The summed E-state index contributed by atoms with van der Waals surface area (Å²) in [6.45, 7) is 3.51. The molecule has 9 nitrogen and oxygen atoms in total. The van der Waals surface area contributed by atoms with Gasteiger partial charge in [0.15, 0.2) is 0 Å². The Kier molecular flexibility index (Phi) is 4.33. The fourth-order valence-electron chi connectivity index (χ4n) is 1.70. The highest BCUT2D eigenvalue weighted by Gasteiger charge is 2.16. The smallest absolute Gasteiger partial charge is 0.269 e. The second-order valence-corrected chi connectivity index (χ2v) is 6.14. The van der Waals surface area contributed by atoms with Crippen LogP contribution in [0.25, 0.3) is 0 Å². The number of nitro benzene ring substituents is 1. The van der Waals surface area contributed by atoms with Crippen molar-refractivity contribution in [3.63, 3.8) is 0 Å². The van der Waals surface area contributed by atoms with Crippen LogP contribution >= 0.6 is 0 Å². The maximum atomic E-state index is 12.1. The van der Waals surface area contributed by atoms with E-state index >= 15 is 0 Å². The van der Waals surface area contributed by atoms with Crippen LogP contribution in [0.3, 0.4) is 0 Å². The van der Waals surface area contributed by atoms with Gasteiger partial charge >= 0.3 is 0 Å². The van der Waals surface area contributed by atoms with Crippen LogP contribution in [0.2, 0.25) is 0 Å². The number of hydrazine groups is 1. The lowest BCUT2D eigenvalue weighted by Gasteiger charge is -2.09. The zero-order chi connectivity index (χ0) is 16.3. The van der Waals surface area contributed by atoms with Crippen molar-refractivity contribution in [2.24, 2.45) is 0 Å². The number of hydrogen-bond acceptors (Lipinski definition) is 7. The van der Waals surface area contributed by atoms with E-state index in [1.165, 1.54) is 0 Å². The van der Waals surface area contributed by atoms with E-state index in [9.17, 15) is 18.5 Å². The maximum absolute atomic E-state index is 12.1. The van der Waals surface area contributed by atoms with Crippen LogP contribution in [0.5, 0.6) is 0 Å². The van der Waals surface area contributed by atoms with Gasteiger partial charge in [-0.25, -0.2) is 18.4 Å². The molecule has 0 atom stereocenters. The van der Waals surface area contributed by atoms with E-state index in [2.05, 4.69) is 20.2 Å². The highest BCUT2D eigenvalue weighted by Crippen LogP contribution is 2.15. The first-order valence-electron chi connectivity index (χ1n) is 6.12. The molecule has 0 fully saturated rings. The number of aromatic nitrogens is 2. The first-order valence-corrected chi connectivity index (χ1v) is 7.61.